The van der Waals surface area contributed by atoms with Gasteiger partial charge in [0.25, 0.3) is 0 Å². The molecule has 1 N–H and O–H groups in total. The van der Waals surface area contributed by atoms with Crippen LogP contribution in [0.2, 0.25) is 0 Å². The van der Waals surface area contributed by atoms with Crippen LogP contribution < -0.4 is 14.8 Å². The van der Waals surface area contributed by atoms with Crippen LogP contribution in [0.3, 0.4) is 0 Å². The molecular weight excluding hydrogens is 254 g/mol. The summed E-state index contributed by atoms with van der Waals surface area (Å²) in [7, 11) is 0. The molecule has 5 nitrogen and oxygen atoms in total. The Balaban J connectivity index is 1.68. The zero-order valence-electron chi connectivity index (χ0n) is 10.7. The summed E-state index contributed by atoms with van der Waals surface area (Å²) >= 11 is 0. The molecule has 2 heterocycles. The van der Waals surface area contributed by atoms with E-state index < -0.39 is 0 Å². The minimum Gasteiger partial charge on any atom is -0.454 e. The molecule has 0 spiro atoms. The van der Waals surface area contributed by atoms with Crippen LogP contribution in [-0.4, -0.2) is 11.8 Å². The Hall–Kier alpha value is -2.58. The van der Waals surface area contributed by atoms with Crippen molar-refractivity contribution >= 4 is 0 Å². The average molecular weight is 267 g/mol. The van der Waals surface area contributed by atoms with Crippen molar-refractivity contribution in [1.82, 2.24) is 10.3 Å². The molecule has 0 saturated carbocycles. The molecule has 100 valence electrons. The molecule has 0 aliphatic carbocycles. The van der Waals surface area contributed by atoms with Gasteiger partial charge < -0.3 is 9.47 Å². The second kappa shape index (κ2) is 5.59. The van der Waals surface area contributed by atoms with Gasteiger partial charge in [0.1, 0.15) is 6.04 Å². The van der Waals surface area contributed by atoms with Crippen LogP contribution in [0, 0.1) is 11.3 Å². The summed E-state index contributed by atoms with van der Waals surface area (Å²) in [5, 5.41) is 12.4. The Bertz CT molecular complexity index is 637. The predicted molar refractivity (Wildman–Crippen MR) is 72.0 cm³/mol. The molecule has 1 aliphatic rings. The number of aromatic nitrogens is 1. The molecule has 0 fully saturated rings. The summed E-state index contributed by atoms with van der Waals surface area (Å²) in [6.45, 7) is 0.848. The number of nitrogens with one attached hydrogen (secondary N) is 1. The summed E-state index contributed by atoms with van der Waals surface area (Å²) in [6.07, 6.45) is 3.36. The molecular formula is C15H13N3O2. The molecule has 0 amide bonds. The Labute approximate surface area is 116 Å². The fourth-order valence-electron chi connectivity index (χ4n) is 2.06. The highest BCUT2D eigenvalue weighted by Crippen LogP contribution is 2.32. The first kappa shape index (κ1) is 12.5. The maximum absolute atomic E-state index is 9.23. The van der Waals surface area contributed by atoms with Crippen molar-refractivity contribution in [1.29, 1.82) is 5.26 Å². The zero-order valence-corrected chi connectivity index (χ0v) is 10.7. The summed E-state index contributed by atoms with van der Waals surface area (Å²) < 4.78 is 10.6. The number of nitriles is 1. The lowest BCUT2D eigenvalue weighted by Gasteiger charge is -2.11. The minimum absolute atomic E-state index is 0.268. The van der Waals surface area contributed by atoms with Crippen LogP contribution in [0.4, 0.5) is 0 Å². The number of benzene rings is 1. The molecule has 0 saturated heterocycles. The lowest BCUT2D eigenvalue weighted by Crippen LogP contribution is -2.19. The quantitative estimate of drug-likeness (QED) is 0.919. The summed E-state index contributed by atoms with van der Waals surface area (Å²) in [6, 6.07) is 11.3. The molecule has 1 aromatic heterocycles. The van der Waals surface area contributed by atoms with E-state index in [1.807, 2.05) is 30.3 Å². The number of fused-ring (bicyclic) bond motifs is 1. The third-order valence-corrected chi connectivity index (χ3v) is 3.12. The standard InChI is InChI=1S/C15H13N3O2/c16-8-13(12-3-5-17-6-4-12)18-9-11-1-2-14-15(7-11)20-10-19-14/h1-7,13,18H,9-10H2. The number of pyridine rings is 1. The molecule has 0 radical (unpaired) electrons. The molecule has 1 aliphatic heterocycles. The number of hydrogen-bond donors (Lipinski definition) is 1. The van der Waals surface area contributed by atoms with E-state index >= 15 is 0 Å². The Kier molecular flexibility index (Phi) is 3.48. The number of rotatable bonds is 4. The van der Waals surface area contributed by atoms with E-state index in [2.05, 4.69) is 16.4 Å². The van der Waals surface area contributed by atoms with Gasteiger partial charge in [0, 0.05) is 18.9 Å². The highest BCUT2D eigenvalue weighted by atomic mass is 16.7. The fraction of sp³-hybridized carbons (Fsp3) is 0.200. The first-order chi connectivity index (χ1) is 9.86. The van der Waals surface area contributed by atoms with E-state index in [1.165, 1.54) is 0 Å². The molecule has 0 bridgehead atoms. The molecule has 2 aromatic rings. The summed E-state index contributed by atoms with van der Waals surface area (Å²) in [5.74, 6) is 1.52. The van der Waals surface area contributed by atoms with Gasteiger partial charge in [-0.15, -0.1) is 0 Å². The normalized spacial score (nSPS) is 13.8. The Morgan fingerprint density at radius 1 is 1.20 bits per heavy atom. The van der Waals surface area contributed by atoms with Gasteiger partial charge in [0.05, 0.1) is 6.07 Å². The first-order valence-corrected chi connectivity index (χ1v) is 6.28. The first-order valence-electron chi connectivity index (χ1n) is 6.28. The number of ether oxygens (including phenoxy) is 2. The average Bonchev–Trinajstić information content (AvgIpc) is 2.96. The van der Waals surface area contributed by atoms with Crippen LogP contribution in [0.15, 0.2) is 42.7 Å². The van der Waals surface area contributed by atoms with Gasteiger partial charge in [-0.2, -0.15) is 5.26 Å². The minimum atomic E-state index is -0.358. The highest BCUT2D eigenvalue weighted by Gasteiger charge is 2.14. The van der Waals surface area contributed by atoms with Crippen molar-refractivity contribution < 1.29 is 9.47 Å². The molecule has 5 heteroatoms. The lowest BCUT2D eigenvalue weighted by atomic mass is 10.1. The van der Waals surface area contributed by atoms with Crippen molar-refractivity contribution in [3.63, 3.8) is 0 Å². The number of hydrogen-bond acceptors (Lipinski definition) is 5. The van der Waals surface area contributed by atoms with Gasteiger partial charge in [-0.25, -0.2) is 0 Å². The van der Waals surface area contributed by atoms with Gasteiger partial charge in [-0.3, -0.25) is 10.3 Å². The molecule has 3 rings (SSSR count). The third kappa shape index (κ3) is 2.56. The van der Waals surface area contributed by atoms with Gasteiger partial charge in [-0.05, 0) is 35.4 Å². The number of nitrogens with zero attached hydrogens (tertiary/aromatic N) is 2. The maximum atomic E-state index is 9.23. The topological polar surface area (TPSA) is 67.2 Å². The van der Waals surface area contributed by atoms with E-state index in [0.29, 0.717) is 6.54 Å². The van der Waals surface area contributed by atoms with Crippen LogP contribution in [0.25, 0.3) is 0 Å². The van der Waals surface area contributed by atoms with E-state index in [9.17, 15) is 5.26 Å². The van der Waals surface area contributed by atoms with Crippen LogP contribution >= 0.6 is 0 Å². The van der Waals surface area contributed by atoms with E-state index in [1.54, 1.807) is 12.4 Å². The van der Waals surface area contributed by atoms with Crippen molar-refractivity contribution in [3.8, 4) is 17.6 Å². The second-order valence-electron chi connectivity index (χ2n) is 4.41. The van der Waals surface area contributed by atoms with Gasteiger partial charge >= 0.3 is 0 Å². The van der Waals surface area contributed by atoms with Crippen LogP contribution in [0.1, 0.15) is 17.2 Å². The summed E-state index contributed by atoms with van der Waals surface area (Å²) in [4.78, 5) is 3.95. The molecule has 20 heavy (non-hydrogen) atoms. The Morgan fingerprint density at radius 2 is 2.00 bits per heavy atom. The SMILES string of the molecule is N#CC(NCc1ccc2c(c1)OCO2)c1ccncc1. The van der Waals surface area contributed by atoms with E-state index in [0.717, 1.165) is 22.6 Å². The van der Waals surface area contributed by atoms with Crippen molar-refractivity contribution in [2.45, 2.75) is 12.6 Å². The molecule has 1 aromatic carbocycles. The van der Waals surface area contributed by atoms with Gasteiger partial charge in [0.2, 0.25) is 6.79 Å². The molecule has 1 unspecified atom stereocenters. The van der Waals surface area contributed by atoms with Crippen molar-refractivity contribution in [2.75, 3.05) is 6.79 Å². The molecule has 1 atom stereocenters. The van der Waals surface area contributed by atoms with E-state index in [4.69, 9.17) is 9.47 Å². The highest BCUT2D eigenvalue weighted by molar-refractivity contribution is 5.44. The lowest BCUT2D eigenvalue weighted by molar-refractivity contribution is 0.174. The van der Waals surface area contributed by atoms with E-state index in [-0.39, 0.29) is 12.8 Å². The smallest absolute Gasteiger partial charge is 0.231 e. The van der Waals surface area contributed by atoms with Crippen LogP contribution in [0.5, 0.6) is 11.5 Å². The predicted octanol–water partition coefficient (Wildman–Crippen LogP) is 2.16. The second-order valence-corrected chi connectivity index (χ2v) is 4.41. The van der Waals surface area contributed by atoms with Crippen molar-refractivity contribution in [3.05, 3.63) is 53.9 Å². The zero-order chi connectivity index (χ0) is 13.8. The van der Waals surface area contributed by atoms with Crippen LogP contribution in [-0.2, 0) is 6.54 Å². The summed E-state index contributed by atoms with van der Waals surface area (Å²) in [5.41, 5.74) is 1.95. The largest absolute Gasteiger partial charge is 0.454 e. The fourth-order valence-corrected chi connectivity index (χ4v) is 2.06. The van der Waals surface area contributed by atoms with Crippen molar-refractivity contribution in [2.24, 2.45) is 0 Å². The third-order valence-electron chi connectivity index (χ3n) is 3.12. The monoisotopic (exact) mass is 267 g/mol. The Morgan fingerprint density at radius 3 is 2.80 bits per heavy atom. The maximum Gasteiger partial charge on any atom is 0.231 e. The van der Waals surface area contributed by atoms with Gasteiger partial charge in [0.15, 0.2) is 11.5 Å². The van der Waals surface area contributed by atoms with Gasteiger partial charge in [-0.1, -0.05) is 6.07 Å².